The third-order valence-corrected chi connectivity index (χ3v) is 6.57. The van der Waals surface area contributed by atoms with Crippen molar-refractivity contribution in [3.8, 4) is 0 Å². The number of aromatic nitrogens is 1. The predicted octanol–water partition coefficient (Wildman–Crippen LogP) is 3.33. The summed E-state index contributed by atoms with van der Waals surface area (Å²) in [4.78, 5) is 4.21. The van der Waals surface area contributed by atoms with Crippen LogP contribution in [0.5, 0.6) is 0 Å². The van der Waals surface area contributed by atoms with Gasteiger partial charge >= 0.3 is 0 Å². The van der Waals surface area contributed by atoms with Gasteiger partial charge in [0.15, 0.2) is 0 Å². The summed E-state index contributed by atoms with van der Waals surface area (Å²) < 4.78 is 43.6. The Morgan fingerprint density at radius 2 is 1.92 bits per heavy atom. The highest BCUT2D eigenvalue weighted by Gasteiger charge is 2.32. The van der Waals surface area contributed by atoms with Gasteiger partial charge in [-0.05, 0) is 37.1 Å². The molecule has 1 aromatic carbocycles. The van der Waals surface area contributed by atoms with Crippen molar-refractivity contribution >= 4 is 26.1 Å². The minimum absolute atomic E-state index is 0.0332. The minimum atomic E-state index is -3.68. The lowest BCUT2D eigenvalue weighted by Crippen LogP contribution is -2.42. The van der Waals surface area contributed by atoms with E-state index in [-0.39, 0.29) is 13.1 Å². The maximum Gasteiger partial charge on any atom is 0.282 e. The van der Waals surface area contributed by atoms with Gasteiger partial charge in [-0.15, -0.1) is 0 Å². The molecule has 0 aliphatic carbocycles. The second kappa shape index (κ2) is 7.90. The average Bonchev–Trinajstić information content (AvgIpc) is 3.13. The summed E-state index contributed by atoms with van der Waals surface area (Å²) >= 11 is 3.22. The third-order valence-electron chi connectivity index (χ3n) is 4.14. The van der Waals surface area contributed by atoms with Crippen molar-refractivity contribution in [1.82, 2.24) is 13.6 Å². The van der Waals surface area contributed by atoms with Crippen molar-refractivity contribution in [2.24, 2.45) is 0 Å². The van der Waals surface area contributed by atoms with Crippen LogP contribution in [0.1, 0.15) is 24.1 Å². The van der Waals surface area contributed by atoms with Crippen LogP contribution < -0.4 is 0 Å². The summed E-state index contributed by atoms with van der Waals surface area (Å²) in [7, 11) is -3.68. The fourth-order valence-corrected chi connectivity index (χ4v) is 4.79. The zero-order chi connectivity index (χ0) is 17.9. The Kier molecular flexibility index (Phi) is 5.83. The summed E-state index contributed by atoms with van der Waals surface area (Å²) in [6.07, 6.45) is 3.32. The van der Waals surface area contributed by atoms with Crippen LogP contribution >= 0.6 is 15.9 Å². The van der Waals surface area contributed by atoms with Crippen LogP contribution in [0.3, 0.4) is 0 Å². The predicted molar refractivity (Wildman–Crippen MR) is 97.3 cm³/mol. The number of benzene rings is 1. The van der Waals surface area contributed by atoms with E-state index in [1.54, 1.807) is 30.5 Å². The molecule has 2 aromatic rings. The van der Waals surface area contributed by atoms with E-state index in [4.69, 9.17) is 0 Å². The van der Waals surface area contributed by atoms with Crippen LogP contribution in [0.25, 0.3) is 0 Å². The lowest BCUT2D eigenvalue weighted by Gasteiger charge is -2.27. The maximum absolute atomic E-state index is 14.2. The Hall–Kier alpha value is -1.35. The van der Waals surface area contributed by atoms with Crippen molar-refractivity contribution in [2.75, 3.05) is 13.1 Å². The van der Waals surface area contributed by atoms with Gasteiger partial charge in [0.1, 0.15) is 5.82 Å². The quantitative estimate of drug-likeness (QED) is 0.710. The Labute approximate surface area is 155 Å². The fraction of sp³-hybridized carbons (Fsp3) is 0.353. The first-order valence-electron chi connectivity index (χ1n) is 8.06. The normalized spacial score (nSPS) is 15.8. The van der Waals surface area contributed by atoms with Crippen molar-refractivity contribution in [2.45, 2.75) is 25.9 Å². The maximum atomic E-state index is 14.2. The lowest BCUT2D eigenvalue weighted by molar-refractivity contribution is 0.344. The molecule has 25 heavy (non-hydrogen) atoms. The Morgan fingerprint density at radius 1 is 1.16 bits per heavy atom. The van der Waals surface area contributed by atoms with Crippen molar-refractivity contribution in [3.63, 3.8) is 0 Å². The van der Waals surface area contributed by atoms with E-state index in [2.05, 4.69) is 20.9 Å². The van der Waals surface area contributed by atoms with E-state index < -0.39 is 16.0 Å². The Morgan fingerprint density at radius 3 is 2.56 bits per heavy atom. The molecule has 1 fully saturated rings. The number of halogens is 2. The molecule has 1 aliphatic heterocycles. The molecule has 8 heteroatoms. The summed E-state index contributed by atoms with van der Waals surface area (Å²) in [6.45, 7) is 1.08. The van der Waals surface area contributed by atoms with E-state index in [9.17, 15) is 12.8 Å². The second-order valence-corrected chi connectivity index (χ2v) is 8.78. The standard InChI is InChI=1S/C17H19BrFN3O2S/c18-15-7-6-14(17(19)11-15)12-22(13-16-5-1-2-8-20-16)25(23,24)21-9-3-4-10-21/h1-2,5-8,11H,3-4,9-10,12-13H2. The van der Waals surface area contributed by atoms with Crippen LogP contribution in [0, 0.1) is 5.82 Å². The molecule has 0 saturated carbocycles. The monoisotopic (exact) mass is 427 g/mol. The number of nitrogens with zero attached hydrogens (tertiary/aromatic N) is 3. The molecule has 0 N–H and O–H groups in total. The smallest absolute Gasteiger partial charge is 0.260 e. The van der Waals surface area contributed by atoms with E-state index in [0.717, 1.165) is 12.8 Å². The van der Waals surface area contributed by atoms with E-state index in [0.29, 0.717) is 28.8 Å². The molecule has 3 rings (SSSR count). The summed E-state index contributed by atoms with van der Waals surface area (Å²) in [6, 6.07) is 10.0. The van der Waals surface area contributed by atoms with Crippen LogP contribution in [0.2, 0.25) is 0 Å². The molecule has 1 aromatic heterocycles. The second-order valence-electron chi connectivity index (χ2n) is 5.94. The third kappa shape index (κ3) is 4.44. The van der Waals surface area contributed by atoms with Gasteiger partial charge in [-0.2, -0.15) is 17.0 Å². The van der Waals surface area contributed by atoms with Crippen molar-refractivity contribution in [1.29, 1.82) is 0 Å². The molecular weight excluding hydrogens is 409 g/mol. The molecule has 5 nitrogen and oxygen atoms in total. The highest BCUT2D eigenvalue weighted by Crippen LogP contribution is 2.23. The van der Waals surface area contributed by atoms with Gasteiger partial charge in [0, 0.05) is 35.9 Å². The first-order valence-corrected chi connectivity index (χ1v) is 10.2. The van der Waals surface area contributed by atoms with E-state index in [1.165, 1.54) is 14.7 Å². The molecular formula is C17H19BrFN3O2S. The lowest BCUT2D eigenvalue weighted by atomic mass is 10.2. The van der Waals surface area contributed by atoms with Crippen molar-refractivity contribution < 1.29 is 12.8 Å². The highest BCUT2D eigenvalue weighted by atomic mass is 79.9. The fourth-order valence-electron chi connectivity index (χ4n) is 2.81. The minimum Gasteiger partial charge on any atom is -0.260 e. The van der Waals surface area contributed by atoms with Gasteiger partial charge in [-0.3, -0.25) is 4.98 Å². The molecule has 0 spiro atoms. The molecule has 0 unspecified atom stereocenters. The average molecular weight is 428 g/mol. The van der Waals surface area contributed by atoms with Crippen molar-refractivity contribution in [3.05, 3.63) is 64.1 Å². The van der Waals surface area contributed by atoms with E-state index >= 15 is 0 Å². The largest absolute Gasteiger partial charge is 0.282 e. The molecule has 0 bridgehead atoms. The van der Waals surface area contributed by atoms with Crippen LogP contribution in [-0.2, 0) is 23.3 Å². The topological polar surface area (TPSA) is 53.5 Å². The first-order chi connectivity index (χ1) is 12.0. The van der Waals surface area contributed by atoms with Crippen LogP contribution in [0.15, 0.2) is 47.1 Å². The van der Waals surface area contributed by atoms with Gasteiger partial charge in [0.2, 0.25) is 0 Å². The molecule has 1 saturated heterocycles. The number of hydrogen-bond acceptors (Lipinski definition) is 3. The molecule has 0 radical (unpaired) electrons. The van der Waals surface area contributed by atoms with Crippen LogP contribution in [0.4, 0.5) is 4.39 Å². The SMILES string of the molecule is O=S(=O)(N1CCCC1)N(Cc1ccccn1)Cc1ccc(Br)cc1F. The first kappa shape index (κ1) is 18.4. The zero-order valence-corrected chi connectivity index (χ0v) is 16.0. The molecule has 2 heterocycles. The van der Waals surface area contributed by atoms with E-state index in [1.807, 2.05) is 6.07 Å². The summed E-state index contributed by atoms with van der Waals surface area (Å²) in [5, 5.41) is 0. The molecule has 0 amide bonds. The summed E-state index contributed by atoms with van der Waals surface area (Å²) in [5.74, 6) is -0.433. The Bertz CT molecular complexity index is 827. The Balaban J connectivity index is 1.90. The van der Waals surface area contributed by atoms with Gasteiger partial charge in [0.25, 0.3) is 10.2 Å². The highest BCUT2D eigenvalue weighted by molar-refractivity contribution is 9.10. The molecule has 134 valence electrons. The summed E-state index contributed by atoms with van der Waals surface area (Å²) in [5.41, 5.74) is 0.963. The zero-order valence-electron chi connectivity index (χ0n) is 13.6. The number of pyridine rings is 1. The number of rotatable bonds is 6. The van der Waals surface area contributed by atoms with Gasteiger partial charge < -0.3 is 0 Å². The van der Waals surface area contributed by atoms with Gasteiger partial charge in [-0.25, -0.2) is 4.39 Å². The molecule has 0 atom stereocenters. The number of hydrogen-bond donors (Lipinski definition) is 0. The van der Waals surface area contributed by atoms with Crippen LogP contribution in [-0.4, -0.2) is 35.1 Å². The molecule has 1 aliphatic rings. The van der Waals surface area contributed by atoms with Gasteiger partial charge in [0.05, 0.1) is 12.2 Å². The van der Waals surface area contributed by atoms with Gasteiger partial charge in [-0.1, -0.05) is 28.1 Å².